The summed E-state index contributed by atoms with van der Waals surface area (Å²) in [4.78, 5) is 17.9. The molecule has 4 aliphatic carbocycles. The Bertz CT molecular complexity index is 834. The van der Waals surface area contributed by atoms with Crippen molar-refractivity contribution in [1.29, 1.82) is 0 Å². The van der Waals surface area contributed by atoms with E-state index in [0.717, 1.165) is 39.9 Å². The van der Waals surface area contributed by atoms with Crippen molar-refractivity contribution in [3.63, 3.8) is 0 Å². The largest absolute Gasteiger partial charge is 0.347 e. The van der Waals surface area contributed by atoms with Crippen molar-refractivity contribution in [3.05, 3.63) is 41.1 Å². The second-order valence-electron chi connectivity index (χ2n) is 8.98. The molecule has 1 heterocycles. The molecular formula is C22H26N2O. The van der Waals surface area contributed by atoms with Crippen LogP contribution in [0.5, 0.6) is 0 Å². The van der Waals surface area contributed by atoms with Crippen LogP contribution in [0.3, 0.4) is 0 Å². The van der Waals surface area contributed by atoms with Crippen LogP contribution >= 0.6 is 0 Å². The van der Waals surface area contributed by atoms with Crippen molar-refractivity contribution in [3.8, 4) is 0 Å². The molecule has 0 unspecified atom stereocenters. The molecule has 1 aromatic carbocycles. The topological polar surface area (TPSA) is 42.0 Å². The Morgan fingerprint density at radius 3 is 2.32 bits per heavy atom. The molecule has 130 valence electrons. The van der Waals surface area contributed by atoms with Crippen LogP contribution in [0.2, 0.25) is 0 Å². The Morgan fingerprint density at radius 2 is 1.68 bits per heavy atom. The van der Waals surface area contributed by atoms with E-state index in [4.69, 9.17) is 0 Å². The molecule has 25 heavy (non-hydrogen) atoms. The number of nitrogens with one attached hydrogen (secondary N) is 1. The molecule has 4 aliphatic rings. The lowest BCUT2D eigenvalue weighted by molar-refractivity contribution is -0.0166. The van der Waals surface area contributed by atoms with Crippen LogP contribution in [-0.2, 0) is 0 Å². The highest BCUT2D eigenvalue weighted by atomic mass is 16.1. The number of hydrogen-bond acceptors (Lipinski definition) is 2. The van der Waals surface area contributed by atoms with E-state index in [2.05, 4.69) is 29.4 Å². The Balaban J connectivity index is 1.51. The third kappa shape index (κ3) is 2.56. The summed E-state index contributed by atoms with van der Waals surface area (Å²) in [5.74, 6) is 2.61. The second-order valence-corrected chi connectivity index (χ2v) is 8.98. The van der Waals surface area contributed by atoms with Crippen molar-refractivity contribution >= 4 is 16.8 Å². The van der Waals surface area contributed by atoms with Crippen molar-refractivity contribution in [2.24, 2.45) is 17.8 Å². The Hall–Kier alpha value is -1.90. The van der Waals surface area contributed by atoms with Crippen molar-refractivity contribution in [1.82, 2.24) is 10.3 Å². The van der Waals surface area contributed by atoms with Gasteiger partial charge < -0.3 is 5.32 Å². The number of amides is 1. The van der Waals surface area contributed by atoms with Gasteiger partial charge in [0.25, 0.3) is 5.91 Å². The van der Waals surface area contributed by atoms with Gasteiger partial charge in [0.05, 0.1) is 11.1 Å². The standard InChI is InChI=1S/C22H26N2O/c1-13-3-4-20-18(5-13)19(6-14(2)23-20)21(25)24-22-10-15-7-16(11-22)9-17(8-15)12-22/h3-6,15-17H,7-12H2,1-2H3,(H,24,25). The van der Waals surface area contributed by atoms with Gasteiger partial charge in [-0.25, -0.2) is 0 Å². The zero-order valence-electron chi connectivity index (χ0n) is 15.1. The maximum Gasteiger partial charge on any atom is 0.252 e. The maximum absolute atomic E-state index is 13.3. The molecule has 6 rings (SSSR count). The summed E-state index contributed by atoms with van der Waals surface area (Å²) in [6, 6.07) is 8.14. The van der Waals surface area contributed by atoms with Gasteiger partial charge in [-0.3, -0.25) is 9.78 Å². The van der Waals surface area contributed by atoms with Crippen LogP contribution in [0.4, 0.5) is 0 Å². The van der Waals surface area contributed by atoms with Gasteiger partial charge in [-0.05, 0) is 88.3 Å². The number of rotatable bonds is 2. The van der Waals surface area contributed by atoms with Gasteiger partial charge in [-0.2, -0.15) is 0 Å². The molecule has 4 saturated carbocycles. The monoisotopic (exact) mass is 334 g/mol. The molecule has 0 radical (unpaired) electrons. The van der Waals surface area contributed by atoms with E-state index in [9.17, 15) is 4.79 Å². The van der Waals surface area contributed by atoms with E-state index in [0.29, 0.717) is 0 Å². The van der Waals surface area contributed by atoms with E-state index in [1.807, 2.05) is 19.1 Å². The first-order valence-electron chi connectivity index (χ1n) is 9.70. The fraction of sp³-hybridized carbons (Fsp3) is 0.545. The Labute approximate surface area is 149 Å². The zero-order valence-corrected chi connectivity index (χ0v) is 15.1. The summed E-state index contributed by atoms with van der Waals surface area (Å²) >= 11 is 0. The first-order valence-corrected chi connectivity index (χ1v) is 9.70. The van der Waals surface area contributed by atoms with E-state index in [1.54, 1.807) is 0 Å². The van der Waals surface area contributed by atoms with Crippen LogP contribution < -0.4 is 5.32 Å². The summed E-state index contributed by atoms with van der Waals surface area (Å²) in [6.07, 6.45) is 7.74. The average Bonchev–Trinajstić information content (AvgIpc) is 2.52. The quantitative estimate of drug-likeness (QED) is 0.875. The first-order chi connectivity index (χ1) is 12.0. The van der Waals surface area contributed by atoms with Gasteiger partial charge in [-0.15, -0.1) is 0 Å². The Kier molecular flexibility index (Phi) is 3.25. The number of nitrogens with zero attached hydrogens (tertiary/aromatic N) is 1. The van der Waals surface area contributed by atoms with Gasteiger partial charge in [0.1, 0.15) is 0 Å². The second kappa shape index (κ2) is 5.30. The predicted octanol–water partition coefficient (Wildman–Crippen LogP) is 4.55. The number of carbonyl (C=O) groups excluding carboxylic acids is 1. The minimum atomic E-state index is 0.0547. The first kappa shape index (κ1) is 15.4. The van der Waals surface area contributed by atoms with Gasteiger partial charge in [-0.1, -0.05) is 11.6 Å². The molecule has 1 aromatic heterocycles. The van der Waals surface area contributed by atoms with Gasteiger partial charge in [0, 0.05) is 16.6 Å². The summed E-state index contributed by atoms with van der Waals surface area (Å²) in [5.41, 5.74) is 3.84. The minimum absolute atomic E-state index is 0.0547. The van der Waals surface area contributed by atoms with Crippen LogP contribution in [0.15, 0.2) is 24.3 Å². The lowest BCUT2D eigenvalue weighted by Crippen LogP contribution is -2.59. The van der Waals surface area contributed by atoms with Crippen LogP contribution in [0, 0.1) is 31.6 Å². The predicted molar refractivity (Wildman–Crippen MR) is 99.6 cm³/mol. The summed E-state index contributed by atoms with van der Waals surface area (Å²) in [5, 5.41) is 4.49. The SMILES string of the molecule is Cc1ccc2nc(C)cc(C(=O)NC34CC5CC(CC(C5)C3)C4)c2c1. The Morgan fingerprint density at radius 1 is 1.04 bits per heavy atom. The molecule has 1 amide bonds. The molecule has 4 fully saturated rings. The smallest absolute Gasteiger partial charge is 0.252 e. The highest BCUT2D eigenvalue weighted by Gasteiger charge is 2.51. The molecule has 3 nitrogen and oxygen atoms in total. The fourth-order valence-corrected chi connectivity index (χ4v) is 6.23. The fourth-order valence-electron chi connectivity index (χ4n) is 6.23. The highest BCUT2D eigenvalue weighted by Crippen LogP contribution is 2.55. The normalized spacial score (nSPS) is 33.0. The number of carbonyl (C=O) groups is 1. The van der Waals surface area contributed by atoms with E-state index < -0.39 is 0 Å². The zero-order chi connectivity index (χ0) is 17.2. The molecule has 0 atom stereocenters. The third-order valence-electron chi connectivity index (χ3n) is 6.75. The number of hydrogen-bond donors (Lipinski definition) is 1. The molecule has 2 aromatic rings. The summed E-state index contributed by atoms with van der Waals surface area (Å²) in [7, 11) is 0. The molecular weight excluding hydrogens is 308 g/mol. The minimum Gasteiger partial charge on any atom is -0.347 e. The van der Waals surface area contributed by atoms with E-state index in [-0.39, 0.29) is 11.4 Å². The number of fused-ring (bicyclic) bond motifs is 1. The van der Waals surface area contributed by atoms with Crippen LogP contribution in [0.1, 0.15) is 60.1 Å². The molecule has 1 N–H and O–H groups in total. The molecule has 0 saturated heterocycles. The summed E-state index contributed by atoms with van der Waals surface area (Å²) < 4.78 is 0. The molecule has 0 aliphatic heterocycles. The molecule has 3 heteroatoms. The van der Waals surface area contributed by atoms with Crippen molar-refractivity contribution in [2.45, 2.75) is 57.9 Å². The summed E-state index contributed by atoms with van der Waals surface area (Å²) in [6.45, 7) is 4.04. The lowest BCUT2D eigenvalue weighted by Gasteiger charge is -2.56. The van der Waals surface area contributed by atoms with E-state index >= 15 is 0 Å². The maximum atomic E-state index is 13.3. The number of pyridine rings is 1. The van der Waals surface area contributed by atoms with E-state index in [1.165, 1.54) is 44.1 Å². The van der Waals surface area contributed by atoms with Gasteiger partial charge >= 0.3 is 0 Å². The highest BCUT2D eigenvalue weighted by molar-refractivity contribution is 6.06. The van der Waals surface area contributed by atoms with Crippen molar-refractivity contribution in [2.75, 3.05) is 0 Å². The number of benzene rings is 1. The number of aromatic nitrogens is 1. The molecule has 0 spiro atoms. The third-order valence-corrected chi connectivity index (χ3v) is 6.75. The molecule has 4 bridgehead atoms. The number of aryl methyl sites for hydroxylation is 2. The van der Waals surface area contributed by atoms with Crippen LogP contribution in [0.25, 0.3) is 10.9 Å². The lowest BCUT2D eigenvalue weighted by atomic mass is 9.53. The van der Waals surface area contributed by atoms with Crippen molar-refractivity contribution < 1.29 is 4.79 Å². The average molecular weight is 334 g/mol. The van der Waals surface area contributed by atoms with Gasteiger partial charge in [0.15, 0.2) is 0 Å². The van der Waals surface area contributed by atoms with Gasteiger partial charge in [0.2, 0.25) is 0 Å². The van der Waals surface area contributed by atoms with Crippen LogP contribution in [-0.4, -0.2) is 16.4 Å².